The van der Waals surface area contributed by atoms with Crippen molar-refractivity contribution in [3.8, 4) is 0 Å². The van der Waals surface area contributed by atoms with Crippen molar-refractivity contribution in [2.24, 2.45) is 17.3 Å². The first kappa shape index (κ1) is 16.1. The lowest BCUT2D eigenvalue weighted by Crippen LogP contribution is -2.40. The van der Waals surface area contributed by atoms with Crippen molar-refractivity contribution in [3.05, 3.63) is 35.6 Å². The molecule has 1 fully saturated rings. The summed E-state index contributed by atoms with van der Waals surface area (Å²) in [6, 6.07) is 0. The lowest BCUT2D eigenvalue weighted by molar-refractivity contribution is 0.381. The Morgan fingerprint density at radius 2 is 1.91 bits per heavy atom. The topological polar surface area (TPSA) is 9.23 Å². The van der Waals surface area contributed by atoms with Crippen LogP contribution in [0.3, 0.4) is 0 Å². The minimum absolute atomic E-state index is 0.229. The Morgan fingerprint density at radius 3 is 2.55 bits per heavy atom. The molecular weight excluding hydrogens is 284 g/mol. The predicted octanol–water partition coefficient (Wildman–Crippen LogP) is 6.21. The second-order valence-electron chi connectivity index (χ2n) is 9.26. The van der Waals surface area contributed by atoms with Gasteiger partial charge in [0.1, 0.15) is 0 Å². The molecule has 22 heavy (non-hydrogen) atoms. The van der Waals surface area contributed by atoms with E-state index in [1.54, 1.807) is 5.57 Å². The summed E-state index contributed by atoms with van der Waals surface area (Å²) in [6.07, 6.45) is 9.95. The molecular formula is C20H32OSi. The van der Waals surface area contributed by atoms with Crippen LogP contribution in [0.4, 0.5) is 0 Å². The number of rotatable bonds is 3. The third-order valence-corrected chi connectivity index (χ3v) is 11.1. The standard InChI is InChI=1S/C20H32OSi/c1-14(21-22(6,7)19(2,3)4)16-12-8-10-15-11-9-13-20(5)17(15)18(16)20/h11-12,17-18H,1,8-10,13H2,2-7H3/t17-,18+,20-/m0/s1. The van der Waals surface area contributed by atoms with E-state index in [1.165, 1.54) is 24.8 Å². The summed E-state index contributed by atoms with van der Waals surface area (Å²) in [5.41, 5.74) is 3.63. The highest BCUT2D eigenvalue weighted by atomic mass is 28.4. The van der Waals surface area contributed by atoms with E-state index in [9.17, 15) is 0 Å². The zero-order valence-electron chi connectivity index (χ0n) is 15.3. The fourth-order valence-corrected chi connectivity index (χ4v) is 5.37. The molecule has 0 aromatic rings. The van der Waals surface area contributed by atoms with Crippen LogP contribution in [-0.4, -0.2) is 8.32 Å². The van der Waals surface area contributed by atoms with Crippen molar-refractivity contribution in [2.45, 2.75) is 71.5 Å². The minimum atomic E-state index is -1.79. The fourth-order valence-electron chi connectivity index (χ4n) is 4.33. The molecule has 122 valence electrons. The van der Waals surface area contributed by atoms with E-state index in [-0.39, 0.29) is 5.04 Å². The van der Waals surface area contributed by atoms with Gasteiger partial charge in [-0.25, -0.2) is 0 Å². The molecule has 0 radical (unpaired) electrons. The summed E-state index contributed by atoms with van der Waals surface area (Å²) in [5, 5.41) is 0.229. The quantitative estimate of drug-likeness (QED) is 0.341. The summed E-state index contributed by atoms with van der Waals surface area (Å²) in [7, 11) is -1.79. The number of allylic oxidation sites excluding steroid dienone is 4. The Morgan fingerprint density at radius 1 is 1.23 bits per heavy atom. The van der Waals surface area contributed by atoms with E-state index in [2.05, 4.69) is 59.5 Å². The molecule has 0 saturated heterocycles. The van der Waals surface area contributed by atoms with Crippen molar-refractivity contribution in [1.29, 1.82) is 0 Å². The highest BCUT2D eigenvalue weighted by Crippen LogP contribution is 2.71. The molecule has 0 heterocycles. The van der Waals surface area contributed by atoms with E-state index in [0.29, 0.717) is 11.3 Å². The van der Waals surface area contributed by atoms with E-state index >= 15 is 0 Å². The van der Waals surface area contributed by atoms with Crippen LogP contribution >= 0.6 is 0 Å². The highest BCUT2D eigenvalue weighted by molar-refractivity contribution is 6.74. The van der Waals surface area contributed by atoms with Gasteiger partial charge in [-0.2, -0.15) is 0 Å². The van der Waals surface area contributed by atoms with Crippen LogP contribution in [-0.2, 0) is 4.43 Å². The van der Waals surface area contributed by atoms with Gasteiger partial charge in [0.2, 0.25) is 8.32 Å². The first-order valence-corrected chi connectivity index (χ1v) is 11.8. The van der Waals surface area contributed by atoms with Crippen LogP contribution in [0.2, 0.25) is 18.1 Å². The second-order valence-corrected chi connectivity index (χ2v) is 14.0. The van der Waals surface area contributed by atoms with Crippen molar-refractivity contribution in [2.75, 3.05) is 0 Å². The molecule has 0 spiro atoms. The number of fused-ring (bicyclic) bond motifs is 1. The Balaban J connectivity index is 1.82. The van der Waals surface area contributed by atoms with Crippen molar-refractivity contribution >= 4 is 8.32 Å². The van der Waals surface area contributed by atoms with Gasteiger partial charge >= 0.3 is 0 Å². The monoisotopic (exact) mass is 316 g/mol. The summed E-state index contributed by atoms with van der Waals surface area (Å²) in [4.78, 5) is 0. The number of hydrogen-bond acceptors (Lipinski definition) is 1. The van der Waals surface area contributed by atoms with Gasteiger partial charge in [-0.05, 0) is 60.7 Å². The maximum absolute atomic E-state index is 6.54. The Bertz CT molecular complexity index is 561. The normalized spacial score (nSPS) is 34.1. The van der Waals surface area contributed by atoms with Crippen LogP contribution < -0.4 is 0 Å². The van der Waals surface area contributed by atoms with Gasteiger partial charge in [-0.15, -0.1) is 0 Å². The molecule has 3 atom stereocenters. The molecule has 3 aliphatic rings. The average molecular weight is 317 g/mol. The molecule has 0 aliphatic heterocycles. The predicted molar refractivity (Wildman–Crippen MR) is 97.1 cm³/mol. The maximum Gasteiger partial charge on any atom is 0.250 e. The molecule has 0 bridgehead atoms. The first-order chi connectivity index (χ1) is 10.1. The summed E-state index contributed by atoms with van der Waals surface area (Å²) >= 11 is 0. The van der Waals surface area contributed by atoms with Gasteiger partial charge in [0.15, 0.2) is 0 Å². The lowest BCUT2D eigenvalue weighted by Gasteiger charge is -2.37. The van der Waals surface area contributed by atoms with Crippen molar-refractivity contribution < 1.29 is 4.43 Å². The molecule has 2 heteroatoms. The Hall–Kier alpha value is -0.763. The SMILES string of the molecule is C=C(O[Si](C)(C)C(C)(C)C)C1=CCCC2=CCC[C@]3(C)[C@H]1[C@H]23. The maximum atomic E-state index is 6.54. The Labute approximate surface area is 137 Å². The van der Waals surface area contributed by atoms with E-state index in [0.717, 1.165) is 18.1 Å². The largest absolute Gasteiger partial charge is 0.544 e. The first-order valence-electron chi connectivity index (χ1n) is 8.85. The summed E-state index contributed by atoms with van der Waals surface area (Å²) in [6.45, 7) is 18.4. The van der Waals surface area contributed by atoms with Crippen LogP contribution in [0, 0.1) is 17.3 Å². The smallest absolute Gasteiger partial charge is 0.250 e. The number of hydrogen-bond donors (Lipinski definition) is 0. The Kier molecular flexibility index (Phi) is 3.56. The molecule has 0 N–H and O–H groups in total. The van der Waals surface area contributed by atoms with E-state index in [4.69, 9.17) is 4.43 Å². The van der Waals surface area contributed by atoms with Crippen LogP contribution in [0.1, 0.15) is 53.4 Å². The van der Waals surface area contributed by atoms with Crippen LogP contribution in [0.25, 0.3) is 0 Å². The van der Waals surface area contributed by atoms with E-state index < -0.39 is 8.32 Å². The van der Waals surface area contributed by atoms with Crippen LogP contribution in [0.5, 0.6) is 0 Å². The molecule has 1 saturated carbocycles. The molecule has 0 amide bonds. The summed E-state index contributed by atoms with van der Waals surface area (Å²) in [5.74, 6) is 2.42. The van der Waals surface area contributed by atoms with Crippen LogP contribution in [0.15, 0.2) is 35.6 Å². The van der Waals surface area contributed by atoms with E-state index in [1.807, 2.05) is 0 Å². The second kappa shape index (κ2) is 4.86. The zero-order chi connectivity index (χ0) is 16.3. The summed E-state index contributed by atoms with van der Waals surface area (Å²) < 4.78 is 6.54. The lowest BCUT2D eigenvalue weighted by atomic mass is 9.86. The fraction of sp³-hybridized carbons (Fsp3) is 0.700. The molecule has 0 aromatic carbocycles. The third-order valence-electron chi connectivity index (χ3n) is 6.77. The van der Waals surface area contributed by atoms with Gasteiger partial charge in [0, 0.05) is 5.92 Å². The third kappa shape index (κ3) is 2.34. The van der Waals surface area contributed by atoms with Gasteiger partial charge in [0.05, 0.1) is 5.76 Å². The molecule has 3 rings (SSSR count). The zero-order valence-corrected chi connectivity index (χ0v) is 16.3. The van der Waals surface area contributed by atoms with Crippen molar-refractivity contribution in [3.63, 3.8) is 0 Å². The van der Waals surface area contributed by atoms with Gasteiger partial charge in [-0.3, -0.25) is 0 Å². The minimum Gasteiger partial charge on any atom is -0.544 e. The van der Waals surface area contributed by atoms with Crippen molar-refractivity contribution in [1.82, 2.24) is 0 Å². The molecule has 0 unspecified atom stereocenters. The van der Waals surface area contributed by atoms with Gasteiger partial charge < -0.3 is 4.43 Å². The molecule has 3 aliphatic carbocycles. The van der Waals surface area contributed by atoms with Gasteiger partial charge in [-0.1, -0.05) is 52.0 Å². The molecule has 0 aromatic heterocycles. The van der Waals surface area contributed by atoms with Gasteiger partial charge in [0.25, 0.3) is 0 Å². The molecule has 1 nitrogen and oxygen atoms in total. The highest BCUT2D eigenvalue weighted by Gasteiger charge is 2.64. The average Bonchev–Trinajstić information content (AvgIpc) is 3.04.